The van der Waals surface area contributed by atoms with Gasteiger partial charge in [0.2, 0.25) is 5.91 Å². The highest BCUT2D eigenvalue weighted by Crippen LogP contribution is 2.35. The molecule has 0 aromatic heterocycles. The number of rotatable bonds is 6. The Bertz CT molecular complexity index is 1070. The highest BCUT2D eigenvalue weighted by atomic mass is 16.4. The summed E-state index contributed by atoms with van der Waals surface area (Å²) in [5.41, 5.74) is 7.89. The molecule has 4 N–H and O–H groups in total. The minimum Gasteiger partial charge on any atom is -0.478 e. The van der Waals surface area contributed by atoms with Crippen LogP contribution in [0.3, 0.4) is 0 Å². The highest BCUT2D eigenvalue weighted by molar-refractivity contribution is 6.05. The number of primary amides is 1. The Balaban J connectivity index is 1.51. The van der Waals surface area contributed by atoms with E-state index in [2.05, 4.69) is 10.2 Å². The number of hydrogen-bond donors (Lipinski definition) is 3. The van der Waals surface area contributed by atoms with Gasteiger partial charge in [-0.3, -0.25) is 14.5 Å². The van der Waals surface area contributed by atoms with Gasteiger partial charge in [0.15, 0.2) is 0 Å². The lowest BCUT2D eigenvalue weighted by atomic mass is 9.83. The number of piperidine rings is 2. The molecular formula is C26H32N4O4. The Labute approximate surface area is 199 Å². The van der Waals surface area contributed by atoms with Crippen LogP contribution in [0.15, 0.2) is 42.5 Å². The molecule has 34 heavy (non-hydrogen) atoms. The van der Waals surface area contributed by atoms with Crippen molar-refractivity contribution in [1.82, 2.24) is 4.90 Å². The second-order valence-corrected chi connectivity index (χ2v) is 9.29. The maximum absolute atomic E-state index is 12.6. The van der Waals surface area contributed by atoms with E-state index in [4.69, 9.17) is 5.73 Å². The van der Waals surface area contributed by atoms with Gasteiger partial charge in [-0.2, -0.15) is 0 Å². The minimum atomic E-state index is -1.07. The Morgan fingerprint density at radius 2 is 1.59 bits per heavy atom. The Morgan fingerprint density at radius 3 is 2.18 bits per heavy atom. The lowest BCUT2D eigenvalue weighted by molar-refractivity contribution is -0.132. The summed E-state index contributed by atoms with van der Waals surface area (Å²) >= 11 is 0. The summed E-state index contributed by atoms with van der Waals surface area (Å²) in [7, 11) is 0. The van der Waals surface area contributed by atoms with Gasteiger partial charge in [-0.25, -0.2) is 4.79 Å². The first-order chi connectivity index (χ1) is 16.3. The number of nitrogens with zero attached hydrogens (tertiary/aromatic N) is 2. The van der Waals surface area contributed by atoms with Gasteiger partial charge in [0.25, 0.3) is 5.91 Å². The van der Waals surface area contributed by atoms with Crippen molar-refractivity contribution in [3.8, 4) is 0 Å². The van der Waals surface area contributed by atoms with Crippen molar-refractivity contribution in [2.24, 2.45) is 5.73 Å². The van der Waals surface area contributed by atoms with Gasteiger partial charge in [-0.05, 0) is 76.0 Å². The van der Waals surface area contributed by atoms with Gasteiger partial charge in [-0.15, -0.1) is 0 Å². The van der Waals surface area contributed by atoms with Crippen LogP contribution in [0.2, 0.25) is 0 Å². The molecule has 2 fully saturated rings. The fourth-order valence-electron chi connectivity index (χ4n) is 5.13. The number of amides is 2. The predicted molar refractivity (Wildman–Crippen MR) is 131 cm³/mol. The Hall–Kier alpha value is -3.39. The topological polar surface area (TPSA) is 116 Å². The molecule has 0 atom stereocenters. The summed E-state index contributed by atoms with van der Waals surface area (Å²) in [5, 5.41) is 12.7. The molecule has 0 aliphatic carbocycles. The standard InChI is InChI=1S/C26H32N4O4/c1-18-5-7-19(8-6-18)23(31)28-20-9-10-22(21(17-20)24(32)33)29-15-11-26(12-16-29,25(27)34)30-13-3-2-4-14-30/h5-10,17H,2-4,11-16H2,1H3,(H2,27,34)(H,28,31)(H,32,33). The van der Waals surface area contributed by atoms with Crippen LogP contribution in [0.25, 0.3) is 0 Å². The fraction of sp³-hybridized carbons (Fsp3) is 0.423. The van der Waals surface area contributed by atoms with Crippen molar-refractivity contribution < 1.29 is 19.5 Å². The Kier molecular flexibility index (Phi) is 6.88. The molecule has 180 valence electrons. The van der Waals surface area contributed by atoms with Gasteiger partial charge in [0, 0.05) is 24.3 Å². The molecule has 2 aromatic carbocycles. The maximum atomic E-state index is 12.6. The molecule has 8 nitrogen and oxygen atoms in total. The van der Waals surface area contributed by atoms with E-state index in [0.717, 1.165) is 31.5 Å². The number of anilines is 2. The number of likely N-dealkylation sites (tertiary alicyclic amines) is 1. The number of aromatic carboxylic acids is 1. The second-order valence-electron chi connectivity index (χ2n) is 9.29. The molecule has 0 saturated carbocycles. The van der Waals surface area contributed by atoms with Crippen LogP contribution in [0, 0.1) is 6.92 Å². The van der Waals surface area contributed by atoms with Crippen LogP contribution in [-0.4, -0.2) is 59.5 Å². The van der Waals surface area contributed by atoms with E-state index in [9.17, 15) is 19.5 Å². The van der Waals surface area contributed by atoms with Crippen LogP contribution >= 0.6 is 0 Å². The van der Waals surface area contributed by atoms with Gasteiger partial charge in [-0.1, -0.05) is 24.1 Å². The molecule has 0 unspecified atom stereocenters. The number of benzene rings is 2. The molecule has 2 aromatic rings. The summed E-state index contributed by atoms with van der Waals surface area (Å²) in [6.07, 6.45) is 4.43. The van der Waals surface area contributed by atoms with E-state index in [0.29, 0.717) is 42.9 Å². The van der Waals surface area contributed by atoms with Crippen LogP contribution in [0.1, 0.15) is 58.4 Å². The van der Waals surface area contributed by atoms with Gasteiger partial charge < -0.3 is 21.1 Å². The maximum Gasteiger partial charge on any atom is 0.337 e. The van der Waals surface area contributed by atoms with Crippen LogP contribution in [-0.2, 0) is 4.79 Å². The normalized spacial score (nSPS) is 18.3. The molecule has 2 amide bonds. The highest BCUT2D eigenvalue weighted by Gasteiger charge is 2.45. The number of carbonyl (C=O) groups is 3. The van der Waals surface area contributed by atoms with E-state index >= 15 is 0 Å². The lowest BCUT2D eigenvalue weighted by Gasteiger charge is -2.48. The molecule has 0 radical (unpaired) electrons. The number of carboxylic acid groups (broad SMARTS) is 1. The van der Waals surface area contributed by atoms with Gasteiger partial charge >= 0.3 is 5.97 Å². The fourth-order valence-corrected chi connectivity index (χ4v) is 5.13. The average Bonchev–Trinajstić information content (AvgIpc) is 2.85. The van der Waals surface area contributed by atoms with Crippen molar-refractivity contribution >= 4 is 29.2 Å². The first-order valence-corrected chi connectivity index (χ1v) is 11.9. The zero-order valence-electron chi connectivity index (χ0n) is 19.5. The van der Waals surface area contributed by atoms with Crippen molar-refractivity contribution in [1.29, 1.82) is 0 Å². The molecule has 2 saturated heterocycles. The third-order valence-corrected chi connectivity index (χ3v) is 7.15. The smallest absolute Gasteiger partial charge is 0.337 e. The summed E-state index contributed by atoms with van der Waals surface area (Å²) in [6, 6.07) is 12.1. The SMILES string of the molecule is Cc1ccc(C(=O)Nc2ccc(N3CCC(C(N)=O)(N4CCCCC4)CC3)c(C(=O)O)c2)cc1. The van der Waals surface area contributed by atoms with Crippen molar-refractivity contribution in [3.05, 3.63) is 59.2 Å². The number of hydrogen-bond acceptors (Lipinski definition) is 5. The molecule has 2 aliphatic rings. The molecule has 4 rings (SSSR count). The quantitative estimate of drug-likeness (QED) is 0.604. The van der Waals surface area contributed by atoms with Crippen molar-refractivity contribution in [2.75, 3.05) is 36.4 Å². The van der Waals surface area contributed by atoms with Crippen molar-refractivity contribution in [2.45, 2.75) is 44.6 Å². The van der Waals surface area contributed by atoms with Gasteiger partial charge in [0.05, 0.1) is 11.3 Å². The van der Waals surface area contributed by atoms with E-state index in [-0.39, 0.29) is 17.4 Å². The first kappa shape index (κ1) is 23.8. The molecular weight excluding hydrogens is 432 g/mol. The zero-order chi connectivity index (χ0) is 24.3. The van der Waals surface area contributed by atoms with Crippen molar-refractivity contribution in [3.63, 3.8) is 0 Å². The molecule has 2 heterocycles. The third kappa shape index (κ3) is 4.77. The largest absolute Gasteiger partial charge is 0.478 e. The number of nitrogens with one attached hydrogen (secondary N) is 1. The van der Waals surface area contributed by atoms with Crippen LogP contribution in [0.4, 0.5) is 11.4 Å². The monoisotopic (exact) mass is 464 g/mol. The van der Waals surface area contributed by atoms with E-state index in [1.165, 1.54) is 12.5 Å². The zero-order valence-corrected chi connectivity index (χ0v) is 19.5. The Morgan fingerprint density at radius 1 is 0.941 bits per heavy atom. The van der Waals surface area contributed by atoms with E-state index in [1.54, 1.807) is 24.3 Å². The summed E-state index contributed by atoms with van der Waals surface area (Å²) in [4.78, 5) is 41.4. The van der Waals surface area contributed by atoms with E-state index < -0.39 is 11.5 Å². The second kappa shape index (κ2) is 9.85. The summed E-state index contributed by atoms with van der Waals surface area (Å²) in [6.45, 7) is 4.77. The minimum absolute atomic E-state index is 0.117. The molecule has 0 spiro atoms. The molecule has 0 bridgehead atoms. The molecule has 8 heteroatoms. The first-order valence-electron chi connectivity index (χ1n) is 11.9. The lowest BCUT2D eigenvalue weighted by Crippen LogP contribution is -2.63. The number of aryl methyl sites for hydroxylation is 1. The number of carboxylic acids is 1. The van der Waals surface area contributed by atoms with Crippen LogP contribution in [0.5, 0.6) is 0 Å². The predicted octanol–water partition coefficient (Wildman–Crippen LogP) is 3.26. The third-order valence-electron chi connectivity index (χ3n) is 7.15. The van der Waals surface area contributed by atoms with Gasteiger partial charge in [0.1, 0.15) is 5.54 Å². The van der Waals surface area contributed by atoms with Crippen LogP contribution < -0.4 is 16.0 Å². The summed E-state index contributed by atoms with van der Waals surface area (Å²) < 4.78 is 0. The number of carbonyl (C=O) groups excluding carboxylic acids is 2. The van der Waals surface area contributed by atoms with E-state index in [1.807, 2.05) is 24.0 Å². The molecule has 2 aliphatic heterocycles. The number of nitrogens with two attached hydrogens (primary N) is 1. The summed E-state index contributed by atoms with van der Waals surface area (Å²) in [5.74, 6) is -1.65. The average molecular weight is 465 g/mol.